The van der Waals surface area contributed by atoms with Crippen LogP contribution < -0.4 is 10.7 Å². The van der Waals surface area contributed by atoms with Crippen molar-refractivity contribution in [3.63, 3.8) is 0 Å². The number of benzene rings is 2. The highest BCUT2D eigenvalue weighted by Crippen LogP contribution is 2.23. The van der Waals surface area contributed by atoms with E-state index in [-0.39, 0.29) is 11.5 Å². The van der Waals surface area contributed by atoms with Crippen LogP contribution in [0.15, 0.2) is 47.6 Å². The number of nitrogens with zero attached hydrogens (tertiary/aromatic N) is 1. The van der Waals surface area contributed by atoms with Gasteiger partial charge in [0.25, 0.3) is 0 Å². The summed E-state index contributed by atoms with van der Waals surface area (Å²) in [5.41, 5.74) is 5.35. The quantitative estimate of drug-likeness (QED) is 0.303. The topological polar surface area (TPSA) is 76.9 Å². The Morgan fingerprint density at radius 2 is 1.81 bits per heavy atom. The van der Waals surface area contributed by atoms with Crippen LogP contribution in [0.5, 0.6) is 11.5 Å². The van der Waals surface area contributed by atoms with Gasteiger partial charge in [-0.2, -0.15) is 5.10 Å². The average Bonchev–Trinajstić information content (AvgIpc) is 2.45. The molecule has 5 nitrogen and oxygen atoms in total. The second kappa shape index (κ2) is 6.71. The predicted molar refractivity (Wildman–Crippen MR) is 87.9 cm³/mol. The predicted octanol–water partition coefficient (Wildman–Crippen LogP) is 2.73. The largest absolute Gasteiger partial charge is 0.504 e. The van der Waals surface area contributed by atoms with Gasteiger partial charge in [0.15, 0.2) is 16.6 Å². The molecule has 2 rings (SSSR count). The zero-order chi connectivity index (χ0) is 15.2. The minimum Gasteiger partial charge on any atom is -0.504 e. The summed E-state index contributed by atoms with van der Waals surface area (Å²) in [6.07, 6.45) is 1.49. The lowest BCUT2D eigenvalue weighted by Gasteiger charge is -2.07. The Balaban J connectivity index is 1.89. The smallest absolute Gasteiger partial charge is 0.191 e. The van der Waals surface area contributed by atoms with Gasteiger partial charge in [0.1, 0.15) is 0 Å². The second-order valence-corrected chi connectivity index (χ2v) is 4.85. The van der Waals surface area contributed by atoms with E-state index in [1.165, 1.54) is 23.9 Å². The molecule has 21 heavy (non-hydrogen) atoms. The van der Waals surface area contributed by atoms with Crippen molar-refractivity contribution in [3.8, 4) is 11.5 Å². The van der Waals surface area contributed by atoms with E-state index in [0.29, 0.717) is 10.7 Å². The number of anilines is 1. The molecule has 0 saturated carbocycles. The number of thiocarbonyl (C=S) groups is 1. The van der Waals surface area contributed by atoms with Crippen LogP contribution in [0.1, 0.15) is 11.1 Å². The lowest BCUT2D eigenvalue weighted by molar-refractivity contribution is 0.403. The van der Waals surface area contributed by atoms with E-state index in [1.54, 1.807) is 6.07 Å². The van der Waals surface area contributed by atoms with Crippen LogP contribution in [-0.4, -0.2) is 21.5 Å². The highest BCUT2D eigenvalue weighted by Gasteiger charge is 1.99. The van der Waals surface area contributed by atoms with Crippen molar-refractivity contribution >= 4 is 29.2 Å². The molecule has 0 unspecified atom stereocenters. The maximum atomic E-state index is 9.36. The summed E-state index contributed by atoms with van der Waals surface area (Å²) in [5.74, 6) is -0.365. The van der Waals surface area contributed by atoms with Gasteiger partial charge in [-0.25, -0.2) is 0 Å². The van der Waals surface area contributed by atoms with Crippen molar-refractivity contribution in [2.45, 2.75) is 6.92 Å². The SMILES string of the molecule is Cc1ccc(NC(=S)N/N=C/c2ccc(O)c(O)c2)cc1. The van der Waals surface area contributed by atoms with E-state index < -0.39 is 0 Å². The van der Waals surface area contributed by atoms with Crippen molar-refractivity contribution in [2.75, 3.05) is 5.32 Å². The van der Waals surface area contributed by atoms with Gasteiger partial charge >= 0.3 is 0 Å². The summed E-state index contributed by atoms with van der Waals surface area (Å²) in [7, 11) is 0. The van der Waals surface area contributed by atoms with Gasteiger partial charge in [0, 0.05) is 5.69 Å². The highest BCUT2D eigenvalue weighted by molar-refractivity contribution is 7.80. The molecule has 0 aliphatic carbocycles. The van der Waals surface area contributed by atoms with Gasteiger partial charge in [-0.05, 0) is 55.0 Å². The third kappa shape index (κ3) is 4.47. The van der Waals surface area contributed by atoms with Gasteiger partial charge in [-0.15, -0.1) is 0 Å². The van der Waals surface area contributed by atoms with Crippen molar-refractivity contribution in [1.82, 2.24) is 5.43 Å². The van der Waals surface area contributed by atoms with E-state index in [4.69, 9.17) is 12.2 Å². The zero-order valence-corrected chi connectivity index (χ0v) is 12.2. The molecule has 6 heteroatoms. The number of hydrogen-bond acceptors (Lipinski definition) is 4. The van der Waals surface area contributed by atoms with E-state index in [1.807, 2.05) is 31.2 Å². The Bertz CT molecular complexity index is 669. The van der Waals surface area contributed by atoms with Gasteiger partial charge in [-0.3, -0.25) is 5.43 Å². The highest BCUT2D eigenvalue weighted by atomic mass is 32.1. The van der Waals surface area contributed by atoms with Crippen LogP contribution >= 0.6 is 12.2 Å². The van der Waals surface area contributed by atoms with Crippen molar-refractivity contribution < 1.29 is 10.2 Å². The molecule has 0 aliphatic heterocycles. The van der Waals surface area contributed by atoms with Crippen molar-refractivity contribution in [1.29, 1.82) is 0 Å². The van der Waals surface area contributed by atoms with Gasteiger partial charge in [0.2, 0.25) is 0 Å². The van der Waals surface area contributed by atoms with Crippen LogP contribution in [0.2, 0.25) is 0 Å². The summed E-state index contributed by atoms with van der Waals surface area (Å²) in [4.78, 5) is 0. The molecule has 0 saturated heterocycles. The molecule has 108 valence electrons. The van der Waals surface area contributed by atoms with Crippen LogP contribution in [0.3, 0.4) is 0 Å². The summed E-state index contributed by atoms with van der Waals surface area (Å²) in [6, 6.07) is 12.2. The van der Waals surface area contributed by atoms with Crippen LogP contribution in [0, 0.1) is 6.92 Å². The molecule has 0 spiro atoms. The van der Waals surface area contributed by atoms with Crippen LogP contribution in [0.25, 0.3) is 0 Å². The number of aryl methyl sites for hydroxylation is 1. The molecular weight excluding hydrogens is 286 g/mol. The Hall–Kier alpha value is -2.60. The van der Waals surface area contributed by atoms with Crippen molar-refractivity contribution in [3.05, 3.63) is 53.6 Å². The third-order valence-electron chi connectivity index (χ3n) is 2.69. The van der Waals surface area contributed by atoms with Crippen LogP contribution in [0.4, 0.5) is 5.69 Å². The Kier molecular flexibility index (Phi) is 4.73. The molecule has 0 heterocycles. The first-order chi connectivity index (χ1) is 10.0. The Morgan fingerprint density at radius 3 is 2.48 bits per heavy atom. The molecule has 2 aromatic carbocycles. The number of hydrazone groups is 1. The maximum Gasteiger partial charge on any atom is 0.191 e. The molecule has 0 aliphatic rings. The van der Waals surface area contributed by atoms with E-state index in [9.17, 15) is 10.2 Å². The second-order valence-electron chi connectivity index (χ2n) is 4.44. The molecule has 0 aromatic heterocycles. The Morgan fingerprint density at radius 1 is 1.10 bits per heavy atom. The number of phenols is 2. The molecule has 0 amide bonds. The van der Waals surface area contributed by atoms with Gasteiger partial charge < -0.3 is 15.5 Å². The van der Waals surface area contributed by atoms with Gasteiger partial charge in [-0.1, -0.05) is 17.7 Å². The molecule has 4 N–H and O–H groups in total. The fourth-order valence-corrected chi connectivity index (χ4v) is 1.75. The fourth-order valence-electron chi connectivity index (χ4n) is 1.58. The number of rotatable bonds is 3. The molecule has 0 atom stereocenters. The number of aromatic hydroxyl groups is 2. The fraction of sp³-hybridized carbons (Fsp3) is 0.0667. The lowest BCUT2D eigenvalue weighted by atomic mass is 10.2. The summed E-state index contributed by atoms with van der Waals surface area (Å²) in [5, 5.41) is 25.9. The minimum absolute atomic E-state index is 0.170. The number of nitrogens with one attached hydrogen (secondary N) is 2. The Labute approximate surface area is 127 Å². The first kappa shape index (κ1) is 14.8. The standard InChI is InChI=1S/C15H15N3O2S/c1-10-2-5-12(6-3-10)17-15(21)18-16-9-11-4-7-13(19)14(20)8-11/h2-9,19-20H,1H3,(H2,17,18,21)/b16-9+. The average molecular weight is 301 g/mol. The molecule has 0 radical (unpaired) electrons. The zero-order valence-electron chi connectivity index (χ0n) is 11.4. The molecule has 0 bridgehead atoms. The summed E-state index contributed by atoms with van der Waals surface area (Å²) < 4.78 is 0. The first-order valence-electron chi connectivity index (χ1n) is 6.23. The van der Waals surface area contributed by atoms with E-state index in [2.05, 4.69) is 15.8 Å². The van der Waals surface area contributed by atoms with E-state index in [0.717, 1.165) is 5.69 Å². The number of hydrogen-bond donors (Lipinski definition) is 4. The normalized spacial score (nSPS) is 10.5. The minimum atomic E-state index is -0.195. The number of phenolic OH excluding ortho intramolecular Hbond substituents is 2. The van der Waals surface area contributed by atoms with Crippen molar-refractivity contribution in [2.24, 2.45) is 5.10 Å². The summed E-state index contributed by atoms with van der Waals surface area (Å²) >= 11 is 5.11. The monoisotopic (exact) mass is 301 g/mol. The lowest BCUT2D eigenvalue weighted by Crippen LogP contribution is -2.23. The molecule has 2 aromatic rings. The summed E-state index contributed by atoms with van der Waals surface area (Å²) in [6.45, 7) is 2.01. The molecular formula is C15H15N3O2S. The van der Waals surface area contributed by atoms with Gasteiger partial charge in [0.05, 0.1) is 6.21 Å². The first-order valence-corrected chi connectivity index (χ1v) is 6.64. The molecule has 0 fully saturated rings. The maximum absolute atomic E-state index is 9.36. The van der Waals surface area contributed by atoms with E-state index >= 15 is 0 Å². The van der Waals surface area contributed by atoms with Crippen LogP contribution in [-0.2, 0) is 0 Å². The third-order valence-corrected chi connectivity index (χ3v) is 2.88.